The van der Waals surface area contributed by atoms with Crippen LogP contribution < -0.4 is 16.4 Å². The zero-order chi connectivity index (χ0) is 15.7. The van der Waals surface area contributed by atoms with Gasteiger partial charge in [0.2, 0.25) is 5.91 Å². The lowest BCUT2D eigenvalue weighted by molar-refractivity contribution is -0.120. The molecular weight excluding hydrogens is 286 g/mol. The van der Waals surface area contributed by atoms with Crippen molar-refractivity contribution in [1.29, 1.82) is 0 Å². The summed E-state index contributed by atoms with van der Waals surface area (Å²) in [6.45, 7) is 4.49. The average molecular weight is 309 g/mol. The summed E-state index contributed by atoms with van der Waals surface area (Å²) >= 11 is 1.67. The summed E-state index contributed by atoms with van der Waals surface area (Å²) in [5.74, 6) is 1.03. The molecular formula is C15H23N3O2S. The Kier molecular flexibility index (Phi) is 7.68. The van der Waals surface area contributed by atoms with Gasteiger partial charge in [-0.05, 0) is 36.8 Å². The number of unbranched alkanes of at least 4 members (excludes halogenated alkanes) is 1. The average Bonchev–Trinajstić information content (AvgIpc) is 2.44. The van der Waals surface area contributed by atoms with Crippen molar-refractivity contribution in [3.63, 3.8) is 0 Å². The van der Waals surface area contributed by atoms with E-state index in [9.17, 15) is 9.59 Å². The first kappa shape index (κ1) is 17.4. The van der Waals surface area contributed by atoms with Gasteiger partial charge in [0.15, 0.2) is 0 Å². The molecule has 1 rings (SSSR count). The number of nitrogens with one attached hydrogen (secondary N) is 2. The third-order valence-corrected chi connectivity index (χ3v) is 4.13. The van der Waals surface area contributed by atoms with Crippen LogP contribution in [0.1, 0.15) is 32.3 Å². The Balaban J connectivity index is 2.43. The summed E-state index contributed by atoms with van der Waals surface area (Å²) in [6.07, 6.45) is 2.27. The first-order valence-corrected chi connectivity index (χ1v) is 8.12. The summed E-state index contributed by atoms with van der Waals surface area (Å²) in [6, 6.07) is 6.64. The molecule has 6 heteroatoms. The Labute approximate surface area is 130 Å². The lowest BCUT2D eigenvalue weighted by atomic mass is 10.2. The SMILES string of the molecule is CCCCS[C@@H](C)C(=O)NCc1cccc(NC(N)=O)c1. The van der Waals surface area contributed by atoms with Crippen LogP contribution in [0.15, 0.2) is 24.3 Å². The normalized spacial score (nSPS) is 11.7. The largest absolute Gasteiger partial charge is 0.351 e. The van der Waals surface area contributed by atoms with Crippen LogP contribution in [-0.4, -0.2) is 22.9 Å². The van der Waals surface area contributed by atoms with Crippen molar-refractivity contribution in [2.75, 3.05) is 11.1 Å². The van der Waals surface area contributed by atoms with E-state index in [0.717, 1.165) is 24.2 Å². The highest BCUT2D eigenvalue weighted by molar-refractivity contribution is 8.00. The molecule has 0 aliphatic heterocycles. The molecule has 0 unspecified atom stereocenters. The molecule has 0 fully saturated rings. The van der Waals surface area contributed by atoms with Crippen LogP contribution in [0.5, 0.6) is 0 Å². The molecule has 5 nitrogen and oxygen atoms in total. The number of hydrogen-bond donors (Lipinski definition) is 3. The number of amides is 3. The fourth-order valence-corrected chi connectivity index (χ4v) is 2.76. The van der Waals surface area contributed by atoms with Crippen LogP contribution in [-0.2, 0) is 11.3 Å². The quantitative estimate of drug-likeness (QED) is 0.646. The topological polar surface area (TPSA) is 84.2 Å². The lowest BCUT2D eigenvalue weighted by Gasteiger charge is -2.12. The molecule has 0 saturated carbocycles. The second kappa shape index (κ2) is 9.28. The molecule has 0 aromatic heterocycles. The van der Waals surface area contributed by atoms with Gasteiger partial charge < -0.3 is 16.4 Å². The summed E-state index contributed by atoms with van der Waals surface area (Å²) in [5, 5.41) is 5.36. The number of primary amides is 1. The van der Waals surface area contributed by atoms with Crippen LogP contribution in [0, 0.1) is 0 Å². The molecule has 0 radical (unpaired) electrons. The molecule has 0 aliphatic rings. The van der Waals surface area contributed by atoms with Crippen molar-refractivity contribution in [2.45, 2.75) is 38.5 Å². The van der Waals surface area contributed by atoms with Gasteiger partial charge in [-0.3, -0.25) is 4.79 Å². The number of thioether (sulfide) groups is 1. The summed E-state index contributed by atoms with van der Waals surface area (Å²) in [5.41, 5.74) is 6.61. The van der Waals surface area contributed by atoms with Crippen LogP contribution in [0.25, 0.3) is 0 Å². The molecule has 1 aromatic carbocycles. The van der Waals surface area contributed by atoms with Crippen LogP contribution in [0.2, 0.25) is 0 Å². The minimum Gasteiger partial charge on any atom is -0.351 e. The van der Waals surface area contributed by atoms with Crippen molar-refractivity contribution in [3.05, 3.63) is 29.8 Å². The minimum atomic E-state index is -0.600. The second-order valence-corrected chi connectivity index (χ2v) is 6.22. The molecule has 0 saturated heterocycles. The first-order valence-electron chi connectivity index (χ1n) is 7.07. The van der Waals surface area contributed by atoms with Gasteiger partial charge in [0.1, 0.15) is 0 Å². The van der Waals surface area contributed by atoms with E-state index in [-0.39, 0.29) is 11.2 Å². The van der Waals surface area contributed by atoms with Crippen molar-refractivity contribution in [1.82, 2.24) is 5.32 Å². The fraction of sp³-hybridized carbons (Fsp3) is 0.467. The van der Waals surface area contributed by atoms with E-state index in [4.69, 9.17) is 5.73 Å². The van der Waals surface area contributed by atoms with Crippen molar-refractivity contribution in [2.24, 2.45) is 5.73 Å². The molecule has 0 heterocycles. The van der Waals surface area contributed by atoms with Crippen LogP contribution >= 0.6 is 11.8 Å². The molecule has 0 bridgehead atoms. The lowest BCUT2D eigenvalue weighted by Crippen LogP contribution is -2.30. The van der Waals surface area contributed by atoms with E-state index in [1.54, 1.807) is 23.9 Å². The van der Waals surface area contributed by atoms with E-state index in [0.29, 0.717) is 12.2 Å². The summed E-state index contributed by atoms with van der Waals surface area (Å²) < 4.78 is 0. The van der Waals surface area contributed by atoms with Crippen molar-refractivity contribution >= 4 is 29.4 Å². The smallest absolute Gasteiger partial charge is 0.316 e. The highest BCUT2D eigenvalue weighted by atomic mass is 32.2. The number of benzene rings is 1. The maximum Gasteiger partial charge on any atom is 0.316 e. The third-order valence-electron chi connectivity index (χ3n) is 2.90. The minimum absolute atomic E-state index is 0.0318. The van der Waals surface area contributed by atoms with Gasteiger partial charge in [-0.2, -0.15) is 0 Å². The van der Waals surface area contributed by atoms with E-state index < -0.39 is 6.03 Å². The van der Waals surface area contributed by atoms with E-state index >= 15 is 0 Å². The van der Waals surface area contributed by atoms with Crippen LogP contribution in [0.3, 0.4) is 0 Å². The number of carbonyl (C=O) groups is 2. The highest BCUT2D eigenvalue weighted by Gasteiger charge is 2.12. The van der Waals surface area contributed by atoms with Crippen molar-refractivity contribution in [3.8, 4) is 0 Å². The first-order chi connectivity index (χ1) is 10.0. The van der Waals surface area contributed by atoms with Gasteiger partial charge in [0.25, 0.3) is 0 Å². The second-order valence-electron chi connectivity index (χ2n) is 4.77. The van der Waals surface area contributed by atoms with Gasteiger partial charge in [-0.1, -0.05) is 25.5 Å². The zero-order valence-electron chi connectivity index (χ0n) is 12.5. The molecule has 0 spiro atoms. The van der Waals surface area contributed by atoms with Gasteiger partial charge in [0.05, 0.1) is 5.25 Å². The maximum atomic E-state index is 12.0. The van der Waals surface area contributed by atoms with Crippen molar-refractivity contribution < 1.29 is 9.59 Å². The van der Waals surface area contributed by atoms with E-state index in [1.807, 2.05) is 19.1 Å². The van der Waals surface area contributed by atoms with E-state index in [1.165, 1.54) is 0 Å². The Morgan fingerprint density at radius 1 is 1.38 bits per heavy atom. The third kappa shape index (κ3) is 7.04. The Morgan fingerprint density at radius 2 is 2.14 bits per heavy atom. The molecule has 1 aromatic rings. The standard InChI is InChI=1S/C15H23N3O2S/c1-3-4-8-21-11(2)14(19)17-10-12-6-5-7-13(9-12)18-15(16)20/h5-7,9,11H,3-4,8,10H2,1-2H3,(H,17,19)(H3,16,18,20)/t11-/m0/s1. The number of urea groups is 1. The predicted octanol–water partition coefficient (Wildman–Crippen LogP) is 2.72. The van der Waals surface area contributed by atoms with Crippen LogP contribution in [0.4, 0.5) is 10.5 Å². The number of anilines is 1. The monoisotopic (exact) mass is 309 g/mol. The number of nitrogens with two attached hydrogens (primary N) is 1. The summed E-state index contributed by atoms with van der Waals surface area (Å²) in [7, 11) is 0. The molecule has 3 amide bonds. The number of carbonyl (C=O) groups excluding carboxylic acids is 2. The highest BCUT2D eigenvalue weighted by Crippen LogP contribution is 2.14. The van der Waals surface area contributed by atoms with Gasteiger partial charge in [-0.15, -0.1) is 11.8 Å². The van der Waals surface area contributed by atoms with Gasteiger partial charge in [0, 0.05) is 12.2 Å². The molecule has 21 heavy (non-hydrogen) atoms. The molecule has 4 N–H and O–H groups in total. The van der Waals surface area contributed by atoms with E-state index in [2.05, 4.69) is 17.6 Å². The summed E-state index contributed by atoms with van der Waals surface area (Å²) in [4.78, 5) is 22.8. The predicted molar refractivity (Wildman–Crippen MR) is 88.3 cm³/mol. The number of rotatable bonds is 8. The van der Waals surface area contributed by atoms with Gasteiger partial charge in [-0.25, -0.2) is 4.79 Å². The Morgan fingerprint density at radius 3 is 2.81 bits per heavy atom. The fourth-order valence-electron chi connectivity index (χ4n) is 1.71. The number of hydrogen-bond acceptors (Lipinski definition) is 3. The maximum absolute atomic E-state index is 12.0. The Bertz CT molecular complexity index is 480. The zero-order valence-corrected chi connectivity index (χ0v) is 13.3. The molecule has 0 aliphatic carbocycles. The Hall–Kier alpha value is -1.69. The van der Waals surface area contributed by atoms with Gasteiger partial charge >= 0.3 is 6.03 Å². The molecule has 116 valence electrons. The molecule has 1 atom stereocenters.